The van der Waals surface area contributed by atoms with Crippen LogP contribution in [0.15, 0.2) is 66.9 Å². The number of rotatable bonds is 9. The van der Waals surface area contributed by atoms with Crippen LogP contribution in [-0.2, 0) is 20.8 Å². The first kappa shape index (κ1) is 21.3. The minimum absolute atomic E-state index is 0.0545. The van der Waals surface area contributed by atoms with Crippen molar-refractivity contribution in [3.8, 4) is 16.9 Å². The van der Waals surface area contributed by atoms with Crippen LogP contribution >= 0.6 is 0 Å². The van der Waals surface area contributed by atoms with Gasteiger partial charge in [0, 0.05) is 37.5 Å². The minimum atomic E-state index is 0.0545. The minimum Gasteiger partial charge on any atom is -0.378 e. The Kier molecular flexibility index (Phi) is 7.12. The molecule has 0 radical (unpaired) electrons. The van der Waals surface area contributed by atoms with Crippen molar-refractivity contribution in [3.63, 3.8) is 0 Å². The molecule has 1 aliphatic rings. The number of para-hydroxylation sites is 1. The molecule has 1 aliphatic heterocycles. The molecule has 3 aromatic rings. The van der Waals surface area contributed by atoms with Crippen molar-refractivity contribution in [1.29, 1.82) is 0 Å². The van der Waals surface area contributed by atoms with E-state index in [9.17, 15) is 4.79 Å². The van der Waals surface area contributed by atoms with Crippen molar-refractivity contribution < 1.29 is 14.3 Å². The zero-order valence-corrected chi connectivity index (χ0v) is 17.9. The maximum Gasteiger partial charge on any atom is 0.224 e. The molecule has 6 heteroatoms. The fourth-order valence-electron chi connectivity index (χ4n) is 3.76. The van der Waals surface area contributed by atoms with Gasteiger partial charge in [-0.2, -0.15) is 5.10 Å². The van der Waals surface area contributed by atoms with Crippen molar-refractivity contribution in [2.45, 2.75) is 31.9 Å². The fraction of sp³-hybridized carbons (Fsp3) is 0.360. The molecule has 0 spiro atoms. The molecule has 1 aromatic heterocycles. The van der Waals surface area contributed by atoms with Crippen LogP contribution in [0.4, 0.5) is 0 Å². The number of amides is 1. The molecule has 1 atom stereocenters. The van der Waals surface area contributed by atoms with Crippen molar-refractivity contribution in [2.75, 3.05) is 26.9 Å². The normalized spacial score (nSPS) is 15.8. The summed E-state index contributed by atoms with van der Waals surface area (Å²) < 4.78 is 13.1. The molecule has 0 N–H and O–H groups in total. The zero-order valence-electron chi connectivity index (χ0n) is 17.9. The van der Waals surface area contributed by atoms with E-state index in [0.29, 0.717) is 26.2 Å². The van der Waals surface area contributed by atoms with Crippen LogP contribution in [0.1, 0.15) is 24.8 Å². The molecule has 1 saturated heterocycles. The number of nitrogens with zero attached hydrogens (tertiary/aromatic N) is 3. The highest BCUT2D eigenvalue weighted by molar-refractivity contribution is 5.76. The zero-order chi connectivity index (χ0) is 21.5. The largest absolute Gasteiger partial charge is 0.378 e. The van der Waals surface area contributed by atoms with Gasteiger partial charge in [0.1, 0.15) is 0 Å². The molecule has 0 aliphatic carbocycles. The molecule has 0 bridgehead atoms. The number of hydrogen-bond donors (Lipinski definition) is 0. The highest BCUT2D eigenvalue weighted by Crippen LogP contribution is 2.24. The molecule has 162 valence electrons. The summed E-state index contributed by atoms with van der Waals surface area (Å²) in [5.74, 6) is 0.0545. The number of aromatic nitrogens is 2. The van der Waals surface area contributed by atoms with Crippen molar-refractivity contribution in [3.05, 3.63) is 72.4 Å². The predicted octanol–water partition coefficient (Wildman–Crippen LogP) is 4.08. The summed E-state index contributed by atoms with van der Waals surface area (Å²) in [4.78, 5) is 14.4. The van der Waals surface area contributed by atoms with Gasteiger partial charge in [-0.1, -0.05) is 48.5 Å². The molecular weight excluding hydrogens is 390 g/mol. The second kappa shape index (κ2) is 10.4. The lowest BCUT2D eigenvalue weighted by Gasteiger charge is -2.17. The maximum absolute atomic E-state index is 12.7. The second-order valence-electron chi connectivity index (χ2n) is 7.86. The average molecular weight is 420 g/mol. The molecule has 4 rings (SSSR count). The van der Waals surface area contributed by atoms with Crippen LogP contribution in [0.5, 0.6) is 0 Å². The number of benzene rings is 2. The first-order chi connectivity index (χ1) is 15.2. The van der Waals surface area contributed by atoms with E-state index in [1.807, 2.05) is 78.6 Å². The van der Waals surface area contributed by atoms with Crippen LogP contribution in [-0.4, -0.2) is 53.6 Å². The van der Waals surface area contributed by atoms with Crippen molar-refractivity contribution in [2.24, 2.45) is 0 Å². The standard InChI is InChI=1S/C25H29N3O3/c1-27(24(29)14-16-30-19-23-13-8-15-31-23)17-21-18-28(22-11-6-3-7-12-22)26-25(21)20-9-4-2-5-10-20/h2-7,9-12,18,23H,8,13-17,19H2,1H3. The molecule has 1 fully saturated rings. The van der Waals surface area contributed by atoms with Gasteiger partial charge in [-0.05, 0) is 25.0 Å². The Morgan fingerprint density at radius 1 is 1.16 bits per heavy atom. The van der Waals surface area contributed by atoms with Crippen molar-refractivity contribution in [1.82, 2.24) is 14.7 Å². The molecule has 1 amide bonds. The maximum atomic E-state index is 12.7. The van der Waals surface area contributed by atoms with E-state index in [2.05, 4.69) is 0 Å². The molecule has 1 unspecified atom stereocenters. The van der Waals surface area contributed by atoms with E-state index in [0.717, 1.165) is 42.0 Å². The number of ether oxygens (including phenoxy) is 2. The molecule has 2 aromatic carbocycles. The molecule has 6 nitrogen and oxygen atoms in total. The van der Waals surface area contributed by atoms with E-state index < -0.39 is 0 Å². The average Bonchev–Trinajstić information content (AvgIpc) is 3.48. The highest BCUT2D eigenvalue weighted by Gasteiger charge is 2.18. The van der Waals surface area contributed by atoms with Gasteiger partial charge in [-0.25, -0.2) is 4.68 Å². The van der Waals surface area contributed by atoms with Gasteiger partial charge in [0.2, 0.25) is 5.91 Å². The predicted molar refractivity (Wildman–Crippen MR) is 120 cm³/mol. The van der Waals surface area contributed by atoms with Crippen LogP contribution in [0.2, 0.25) is 0 Å². The lowest BCUT2D eigenvalue weighted by atomic mass is 10.1. The van der Waals surface area contributed by atoms with Gasteiger partial charge >= 0.3 is 0 Å². The van der Waals surface area contributed by atoms with Crippen LogP contribution in [0.3, 0.4) is 0 Å². The summed E-state index contributed by atoms with van der Waals surface area (Å²) in [5.41, 5.74) is 3.92. The second-order valence-corrected chi connectivity index (χ2v) is 7.86. The summed E-state index contributed by atoms with van der Waals surface area (Å²) in [6.07, 6.45) is 4.69. The van der Waals surface area contributed by atoms with Gasteiger partial charge in [-0.3, -0.25) is 4.79 Å². The summed E-state index contributed by atoms with van der Waals surface area (Å²) in [7, 11) is 1.83. The Labute approximate surface area is 183 Å². The third-order valence-electron chi connectivity index (χ3n) is 5.48. The number of carbonyl (C=O) groups excluding carboxylic acids is 1. The van der Waals surface area contributed by atoms with E-state index in [1.165, 1.54) is 0 Å². The Morgan fingerprint density at radius 3 is 2.61 bits per heavy atom. The summed E-state index contributed by atoms with van der Waals surface area (Å²) in [6, 6.07) is 20.1. The Morgan fingerprint density at radius 2 is 1.90 bits per heavy atom. The topological polar surface area (TPSA) is 56.6 Å². The lowest BCUT2D eigenvalue weighted by Crippen LogP contribution is -2.27. The third-order valence-corrected chi connectivity index (χ3v) is 5.48. The van der Waals surface area contributed by atoms with Crippen molar-refractivity contribution >= 4 is 5.91 Å². The van der Waals surface area contributed by atoms with Crippen LogP contribution < -0.4 is 0 Å². The summed E-state index contributed by atoms with van der Waals surface area (Å²) >= 11 is 0. The third kappa shape index (κ3) is 5.60. The van der Waals surface area contributed by atoms with E-state index in [1.54, 1.807) is 4.90 Å². The quantitative estimate of drug-likeness (QED) is 0.491. The molecule has 31 heavy (non-hydrogen) atoms. The highest BCUT2D eigenvalue weighted by atomic mass is 16.5. The van der Waals surface area contributed by atoms with Gasteiger partial charge in [0.25, 0.3) is 0 Å². The Hall–Kier alpha value is -2.96. The first-order valence-electron chi connectivity index (χ1n) is 10.8. The Bertz CT molecular complexity index is 966. The molecule has 2 heterocycles. The van der Waals surface area contributed by atoms with E-state index >= 15 is 0 Å². The molecule has 0 saturated carbocycles. The monoisotopic (exact) mass is 419 g/mol. The van der Waals surface area contributed by atoms with Gasteiger partial charge < -0.3 is 14.4 Å². The lowest BCUT2D eigenvalue weighted by molar-refractivity contribution is -0.131. The number of hydrogen-bond acceptors (Lipinski definition) is 4. The number of carbonyl (C=O) groups is 1. The smallest absolute Gasteiger partial charge is 0.224 e. The van der Waals surface area contributed by atoms with Gasteiger partial charge in [0.15, 0.2) is 0 Å². The SMILES string of the molecule is CN(Cc1cn(-c2ccccc2)nc1-c1ccccc1)C(=O)CCOCC1CCCO1. The van der Waals surface area contributed by atoms with E-state index in [4.69, 9.17) is 14.6 Å². The van der Waals surface area contributed by atoms with Gasteiger partial charge in [-0.15, -0.1) is 0 Å². The summed E-state index contributed by atoms with van der Waals surface area (Å²) in [5, 5.41) is 4.82. The van der Waals surface area contributed by atoms with E-state index in [-0.39, 0.29) is 12.0 Å². The summed E-state index contributed by atoms with van der Waals surface area (Å²) in [6.45, 7) is 2.29. The van der Waals surface area contributed by atoms with Crippen LogP contribution in [0.25, 0.3) is 16.9 Å². The fourth-order valence-corrected chi connectivity index (χ4v) is 3.76. The Balaban J connectivity index is 1.42. The van der Waals surface area contributed by atoms with Gasteiger partial charge in [0.05, 0.1) is 37.1 Å². The molecular formula is C25H29N3O3. The first-order valence-corrected chi connectivity index (χ1v) is 10.8. The van der Waals surface area contributed by atoms with Crippen LogP contribution in [0, 0.1) is 0 Å².